The van der Waals surface area contributed by atoms with Crippen LogP contribution in [-0.2, 0) is 10.2 Å². The maximum atomic E-state index is 13.0. The van der Waals surface area contributed by atoms with Gasteiger partial charge in [-0.05, 0) is 31.1 Å². The second kappa shape index (κ2) is 7.86. The summed E-state index contributed by atoms with van der Waals surface area (Å²) in [5, 5.41) is 4.10. The first-order chi connectivity index (χ1) is 16.5. The zero-order chi connectivity index (χ0) is 23.3. The van der Waals surface area contributed by atoms with Gasteiger partial charge < -0.3 is 14.3 Å². The Hall–Kier alpha value is -3.88. The van der Waals surface area contributed by atoms with E-state index in [0.29, 0.717) is 49.4 Å². The zero-order valence-corrected chi connectivity index (χ0v) is 18.8. The fraction of sp³-hybridized carbons (Fsp3) is 0.360. The highest BCUT2D eigenvalue weighted by Gasteiger charge is 2.44. The van der Waals surface area contributed by atoms with Gasteiger partial charge in [-0.3, -0.25) is 9.59 Å². The topological polar surface area (TPSA) is 104 Å². The van der Waals surface area contributed by atoms with Gasteiger partial charge >= 0.3 is 0 Å². The maximum absolute atomic E-state index is 13.0. The van der Waals surface area contributed by atoms with Crippen LogP contribution >= 0.6 is 0 Å². The van der Waals surface area contributed by atoms with E-state index < -0.39 is 0 Å². The summed E-state index contributed by atoms with van der Waals surface area (Å²) in [7, 11) is 0. The van der Waals surface area contributed by atoms with Crippen molar-refractivity contribution in [3.8, 4) is 11.4 Å². The molecule has 1 aromatic carbocycles. The third-order valence-corrected chi connectivity index (χ3v) is 6.89. The molecule has 2 aliphatic heterocycles. The van der Waals surface area contributed by atoms with Crippen LogP contribution in [0.4, 0.5) is 0 Å². The molecule has 2 aromatic rings. The van der Waals surface area contributed by atoms with E-state index in [4.69, 9.17) is 4.52 Å². The van der Waals surface area contributed by atoms with E-state index in [1.807, 2.05) is 46.2 Å². The van der Waals surface area contributed by atoms with Gasteiger partial charge in [-0.2, -0.15) is 9.98 Å². The average molecular weight is 457 g/mol. The fourth-order valence-corrected chi connectivity index (χ4v) is 4.34. The number of nitrogens with zero attached hydrogens (tertiary/aromatic N) is 6. The zero-order valence-electron chi connectivity index (χ0n) is 18.8. The molecular weight excluding hydrogens is 432 g/mol. The molecule has 0 radical (unpaired) electrons. The molecule has 2 fully saturated rings. The smallest absolute Gasteiger partial charge is 0.261 e. The number of aromatic nitrogens is 2. The van der Waals surface area contributed by atoms with Crippen LogP contribution in [0.1, 0.15) is 36.0 Å². The number of amides is 2. The molecular formula is C25H24N6O3. The van der Waals surface area contributed by atoms with Gasteiger partial charge in [-0.25, -0.2) is 4.99 Å². The summed E-state index contributed by atoms with van der Waals surface area (Å²) < 4.78 is 5.43. The highest BCUT2D eigenvalue weighted by molar-refractivity contribution is 6.21. The van der Waals surface area contributed by atoms with Crippen LogP contribution in [0.5, 0.6) is 0 Å². The van der Waals surface area contributed by atoms with Crippen LogP contribution in [0.15, 0.2) is 63.1 Å². The van der Waals surface area contributed by atoms with Gasteiger partial charge in [0.25, 0.3) is 11.8 Å². The van der Waals surface area contributed by atoms with Crippen LogP contribution < -0.4 is 0 Å². The number of carbonyl (C=O) groups excluding carboxylic acids is 2. The Morgan fingerprint density at radius 1 is 1.06 bits per heavy atom. The average Bonchev–Trinajstić information content (AvgIpc) is 3.42. The third-order valence-electron chi connectivity index (χ3n) is 6.89. The summed E-state index contributed by atoms with van der Waals surface area (Å²) in [5.41, 5.74) is 2.18. The predicted molar refractivity (Wildman–Crippen MR) is 125 cm³/mol. The standard InChI is InChI=1S/C25H24N6O3/c1-25(10-11-25)23-27-20(29-34-23)16-6-8-17(9-7-16)22(33)30-12-14-31(15-13-30)24-26-19-5-3-2-4-18(19)21(32)28-24/h2-9,18H,10-15H2,1H3. The first-order valence-corrected chi connectivity index (χ1v) is 11.6. The van der Waals surface area contributed by atoms with E-state index in [-0.39, 0.29) is 23.1 Å². The number of fused-ring (bicyclic) bond motifs is 1. The molecule has 9 heteroatoms. The quantitative estimate of drug-likeness (QED) is 0.703. The number of guanidine groups is 1. The van der Waals surface area contributed by atoms with E-state index in [0.717, 1.165) is 24.1 Å². The van der Waals surface area contributed by atoms with Crippen LogP contribution in [0, 0.1) is 5.92 Å². The van der Waals surface area contributed by atoms with Crippen molar-refractivity contribution in [3.05, 3.63) is 60.0 Å². The molecule has 6 rings (SSSR count). The molecule has 1 aromatic heterocycles. The number of carbonyl (C=O) groups is 2. The summed E-state index contributed by atoms with van der Waals surface area (Å²) in [5.74, 6) is 1.06. The van der Waals surface area contributed by atoms with Gasteiger partial charge in [0.05, 0.1) is 5.71 Å². The number of piperazine rings is 1. The van der Waals surface area contributed by atoms with Crippen LogP contribution in [-0.4, -0.2) is 69.6 Å². The lowest BCUT2D eigenvalue weighted by Gasteiger charge is -2.36. The van der Waals surface area contributed by atoms with Crippen molar-refractivity contribution in [2.24, 2.45) is 15.9 Å². The Balaban J connectivity index is 1.09. The Morgan fingerprint density at radius 3 is 2.56 bits per heavy atom. The van der Waals surface area contributed by atoms with E-state index >= 15 is 0 Å². The number of hydrogen-bond acceptors (Lipinski definition) is 7. The largest absolute Gasteiger partial charge is 0.338 e. The van der Waals surface area contributed by atoms with Crippen molar-refractivity contribution in [1.29, 1.82) is 0 Å². The molecule has 9 nitrogen and oxygen atoms in total. The van der Waals surface area contributed by atoms with Crippen molar-refractivity contribution < 1.29 is 14.1 Å². The highest BCUT2D eigenvalue weighted by Crippen LogP contribution is 2.47. The lowest BCUT2D eigenvalue weighted by molar-refractivity contribution is -0.118. The number of hydrogen-bond donors (Lipinski definition) is 0. The molecule has 0 N–H and O–H groups in total. The van der Waals surface area contributed by atoms with E-state index in [2.05, 4.69) is 27.0 Å². The number of benzene rings is 1. The summed E-state index contributed by atoms with van der Waals surface area (Å²) in [6.07, 6.45) is 9.52. The van der Waals surface area contributed by atoms with Gasteiger partial charge in [-0.15, -0.1) is 0 Å². The molecule has 1 saturated carbocycles. The van der Waals surface area contributed by atoms with Crippen LogP contribution in [0.3, 0.4) is 0 Å². The normalized spacial score (nSPS) is 22.9. The van der Waals surface area contributed by atoms with Gasteiger partial charge in [0.2, 0.25) is 17.7 Å². The van der Waals surface area contributed by atoms with E-state index in [9.17, 15) is 9.59 Å². The Labute approximate surface area is 196 Å². The molecule has 0 bridgehead atoms. The molecule has 3 heterocycles. The minimum absolute atomic E-state index is 0.0254. The molecule has 34 heavy (non-hydrogen) atoms. The summed E-state index contributed by atoms with van der Waals surface area (Å²) in [4.78, 5) is 42.5. The first kappa shape index (κ1) is 20.7. The van der Waals surface area contributed by atoms with Gasteiger partial charge in [0.1, 0.15) is 5.92 Å². The second-order valence-electron chi connectivity index (χ2n) is 9.35. The van der Waals surface area contributed by atoms with Crippen molar-refractivity contribution in [1.82, 2.24) is 19.9 Å². The molecule has 0 spiro atoms. The minimum Gasteiger partial charge on any atom is -0.338 e. The van der Waals surface area contributed by atoms with Crippen LogP contribution in [0.25, 0.3) is 11.4 Å². The second-order valence-corrected chi connectivity index (χ2v) is 9.35. The predicted octanol–water partition coefficient (Wildman–Crippen LogP) is 2.63. The molecule has 4 aliphatic rings. The summed E-state index contributed by atoms with van der Waals surface area (Å²) >= 11 is 0. The number of aliphatic imine (C=N–C) groups is 2. The molecule has 2 aliphatic carbocycles. The van der Waals surface area contributed by atoms with Crippen molar-refractivity contribution in [2.45, 2.75) is 25.2 Å². The molecule has 1 saturated heterocycles. The van der Waals surface area contributed by atoms with Crippen molar-refractivity contribution in [3.63, 3.8) is 0 Å². The molecule has 1 atom stereocenters. The lowest BCUT2D eigenvalue weighted by Crippen LogP contribution is -2.51. The monoisotopic (exact) mass is 456 g/mol. The third kappa shape index (κ3) is 3.67. The molecule has 2 amide bonds. The van der Waals surface area contributed by atoms with Gasteiger partial charge in [-0.1, -0.05) is 42.4 Å². The molecule has 172 valence electrons. The molecule has 1 unspecified atom stereocenters. The van der Waals surface area contributed by atoms with Crippen molar-refractivity contribution in [2.75, 3.05) is 26.2 Å². The highest BCUT2D eigenvalue weighted by atomic mass is 16.5. The van der Waals surface area contributed by atoms with Crippen molar-refractivity contribution >= 4 is 23.5 Å². The van der Waals surface area contributed by atoms with Crippen LogP contribution in [0.2, 0.25) is 0 Å². The van der Waals surface area contributed by atoms with Gasteiger partial charge in [0, 0.05) is 42.7 Å². The maximum Gasteiger partial charge on any atom is 0.261 e. The lowest BCUT2D eigenvalue weighted by atomic mass is 9.97. The Kier molecular flexibility index (Phi) is 4.79. The number of allylic oxidation sites excluding steroid dienone is 3. The Bertz CT molecular complexity index is 1270. The van der Waals surface area contributed by atoms with Gasteiger partial charge in [0.15, 0.2) is 0 Å². The summed E-state index contributed by atoms with van der Waals surface area (Å²) in [6.45, 7) is 4.33. The minimum atomic E-state index is -0.379. The van der Waals surface area contributed by atoms with E-state index in [1.165, 1.54) is 0 Å². The number of rotatable bonds is 3. The Morgan fingerprint density at radius 2 is 1.82 bits per heavy atom. The SMILES string of the molecule is CC1(c2nc(-c3ccc(C(=O)N4CCN(C5=NC(=O)C6C=CC=CC6=N5)CC4)cc3)no2)CC1. The summed E-state index contributed by atoms with van der Waals surface area (Å²) in [6, 6.07) is 7.32. The fourth-order valence-electron chi connectivity index (χ4n) is 4.34. The van der Waals surface area contributed by atoms with E-state index in [1.54, 1.807) is 12.1 Å². The first-order valence-electron chi connectivity index (χ1n) is 11.6.